The molecule has 4 rings (SSSR count). The lowest BCUT2D eigenvalue weighted by atomic mass is 10.0. The zero-order valence-electron chi connectivity index (χ0n) is 16.2. The number of benzene rings is 1. The average Bonchev–Trinajstić information content (AvgIpc) is 3.53. The van der Waals surface area contributed by atoms with Gasteiger partial charge < -0.3 is 14.3 Å². The molecule has 0 radical (unpaired) electrons. The van der Waals surface area contributed by atoms with Gasteiger partial charge in [0.2, 0.25) is 11.8 Å². The molecule has 1 saturated carbocycles. The lowest BCUT2D eigenvalue weighted by Crippen LogP contribution is -2.36. The largest absolute Gasteiger partial charge is 0.474 e. The maximum absolute atomic E-state index is 12.3. The first kappa shape index (κ1) is 19.2. The van der Waals surface area contributed by atoms with Crippen molar-refractivity contribution in [2.24, 2.45) is 0 Å². The number of rotatable bonds is 6. The highest BCUT2D eigenvalue weighted by Crippen LogP contribution is 2.35. The number of piperidine rings is 1. The quantitative estimate of drug-likeness (QED) is 0.684. The standard InChI is InChI=1S/C19H24BN3O4S/c1-13-18(21-12-22-19(13)27-15-8-10-23(20)11-9-15)26-14-2-4-16(5-3-14)28(24,25)17-6-7-17/h2-5,12,15,17H,6-11,20H2,1H3. The summed E-state index contributed by atoms with van der Waals surface area (Å²) in [7, 11) is -1.08. The summed E-state index contributed by atoms with van der Waals surface area (Å²) in [4.78, 5) is 11.1. The van der Waals surface area contributed by atoms with Crippen molar-refractivity contribution in [1.29, 1.82) is 0 Å². The Bertz CT molecular complexity index is 940. The second-order valence-electron chi connectivity index (χ2n) is 7.55. The monoisotopic (exact) mass is 401 g/mol. The van der Waals surface area contributed by atoms with Crippen LogP contribution in [-0.4, -0.2) is 55.6 Å². The Morgan fingerprint density at radius 2 is 1.68 bits per heavy atom. The number of hydrogen-bond acceptors (Lipinski definition) is 7. The number of hydrogen-bond donors (Lipinski definition) is 0. The van der Waals surface area contributed by atoms with Gasteiger partial charge in [0.05, 0.1) is 15.7 Å². The molecule has 1 aromatic heterocycles. The van der Waals surface area contributed by atoms with Gasteiger partial charge >= 0.3 is 0 Å². The van der Waals surface area contributed by atoms with Crippen molar-refractivity contribution < 1.29 is 17.9 Å². The van der Waals surface area contributed by atoms with Crippen molar-refractivity contribution >= 4 is 17.8 Å². The van der Waals surface area contributed by atoms with Crippen LogP contribution in [0.1, 0.15) is 31.2 Å². The number of nitrogens with zero attached hydrogens (tertiary/aromatic N) is 3. The summed E-state index contributed by atoms with van der Waals surface area (Å²) in [5, 5.41) is -0.220. The minimum Gasteiger partial charge on any atom is -0.474 e. The summed E-state index contributed by atoms with van der Waals surface area (Å²) < 4.78 is 36.5. The molecule has 9 heteroatoms. The molecule has 1 aliphatic heterocycles. The van der Waals surface area contributed by atoms with Crippen LogP contribution < -0.4 is 9.47 Å². The van der Waals surface area contributed by atoms with E-state index in [0.717, 1.165) is 44.3 Å². The van der Waals surface area contributed by atoms with Gasteiger partial charge in [0, 0.05) is 0 Å². The van der Waals surface area contributed by atoms with Crippen molar-refractivity contribution in [3.8, 4) is 17.5 Å². The average molecular weight is 401 g/mol. The summed E-state index contributed by atoms with van der Waals surface area (Å²) in [6, 6.07) is 6.51. The van der Waals surface area contributed by atoms with Crippen LogP contribution in [0.4, 0.5) is 0 Å². The van der Waals surface area contributed by atoms with E-state index >= 15 is 0 Å². The van der Waals surface area contributed by atoms with E-state index in [2.05, 4.69) is 22.8 Å². The van der Waals surface area contributed by atoms with Crippen LogP contribution in [0.15, 0.2) is 35.5 Å². The lowest BCUT2D eigenvalue weighted by molar-refractivity contribution is 0.129. The highest BCUT2D eigenvalue weighted by molar-refractivity contribution is 7.92. The normalized spacial score (nSPS) is 18.8. The summed E-state index contributed by atoms with van der Waals surface area (Å²) in [6.45, 7) is 3.88. The summed E-state index contributed by atoms with van der Waals surface area (Å²) >= 11 is 0. The Morgan fingerprint density at radius 3 is 2.32 bits per heavy atom. The third kappa shape index (κ3) is 4.15. The van der Waals surface area contributed by atoms with Gasteiger partial charge in [-0.1, -0.05) is 0 Å². The number of aromatic nitrogens is 2. The van der Waals surface area contributed by atoms with Gasteiger partial charge in [0.1, 0.15) is 18.2 Å². The fraction of sp³-hybridized carbons (Fsp3) is 0.474. The Labute approximate surface area is 166 Å². The maximum Gasteiger partial charge on any atom is 0.229 e. The van der Waals surface area contributed by atoms with E-state index in [1.807, 2.05) is 6.92 Å². The Balaban J connectivity index is 1.46. The fourth-order valence-electron chi connectivity index (χ4n) is 3.28. The summed E-state index contributed by atoms with van der Waals surface area (Å²) in [5.74, 6) is 1.48. The molecule has 0 atom stereocenters. The van der Waals surface area contributed by atoms with Crippen LogP contribution in [0.2, 0.25) is 0 Å². The van der Waals surface area contributed by atoms with Crippen LogP contribution in [-0.2, 0) is 9.84 Å². The molecular weight excluding hydrogens is 377 g/mol. The van der Waals surface area contributed by atoms with E-state index in [0.29, 0.717) is 22.4 Å². The van der Waals surface area contributed by atoms with Gasteiger partial charge in [-0.25, -0.2) is 18.4 Å². The second kappa shape index (κ2) is 7.71. The fourth-order valence-corrected chi connectivity index (χ4v) is 4.94. The van der Waals surface area contributed by atoms with Gasteiger partial charge in [0.15, 0.2) is 17.8 Å². The van der Waals surface area contributed by atoms with Crippen LogP contribution in [0, 0.1) is 6.92 Å². The number of ether oxygens (including phenoxy) is 2. The molecule has 2 aliphatic rings. The van der Waals surface area contributed by atoms with Crippen LogP contribution >= 0.6 is 0 Å². The molecule has 1 aliphatic carbocycles. The van der Waals surface area contributed by atoms with Gasteiger partial charge in [0.25, 0.3) is 0 Å². The molecule has 2 aromatic rings. The summed E-state index contributed by atoms with van der Waals surface area (Å²) in [5.41, 5.74) is 0.733. The van der Waals surface area contributed by atoms with E-state index in [4.69, 9.17) is 9.47 Å². The Hall–Kier alpha value is -2.13. The van der Waals surface area contributed by atoms with E-state index in [1.165, 1.54) is 6.33 Å². The molecule has 0 spiro atoms. The SMILES string of the molecule is BN1CCC(Oc2ncnc(Oc3ccc(S(=O)(=O)C4CC4)cc3)c2C)CC1. The smallest absolute Gasteiger partial charge is 0.229 e. The number of sulfone groups is 1. The molecule has 7 nitrogen and oxygen atoms in total. The topological polar surface area (TPSA) is 81.6 Å². The lowest BCUT2D eigenvalue weighted by Gasteiger charge is -2.29. The van der Waals surface area contributed by atoms with E-state index in [-0.39, 0.29) is 11.4 Å². The zero-order chi connectivity index (χ0) is 19.7. The van der Waals surface area contributed by atoms with Gasteiger partial charge in [-0.2, -0.15) is 0 Å². The van der Waals surface area contributed by atoms with E-state index in [9.17, 15) is 8.42 Å². The maximum atomic E-state index is 12.3. The molecule has 148 valence electrons. The Kier molecular flexibility index (Phi) is 5.29. The molecular formula is C19H24BN3O4S. The third-order valence-electron chi connectivity index (χ3n) is 5.27. The first-order valence-corrected chi connectivity index (χ1v) is 11.2. The first-order valence-electron chi connectivity index (χ1n) is 9.62. The molecule has 1 saturated heterocycles. The molecule has 1 aromatic carbocycles. The zero-order valence-corrected chi connectivity index (χ0v) is 17.0. The minimum atomic E-state index is -3.20. The molecule has 28 heavy (non-hydrogen) atoms. The molecule has 2 fully saturated rings. The van der Waals surface area contributed by atoms with Crippen molar-refractivity contribution in [3.63, 3.8) is 0 Å². The van der Waals surface area contributed by atoms with Crippen molar-refractivity contribution in [2.75, 3.05) is 13.1 Å². The third-order valence-corrected chi connectivity index (χ3v) is 7.54. The molecule has 0 amide bonds. The molecule has 0 unspecified atom stereocenters. The van der Waals surface area contributed by atoms with Crippen LogP contribution in [0.3, 0.4) is 0 Å². The summed E-state index contributed by atoms with van der Waals surface area (Å²) in [6.07, 6.45) is 5.00. The molecule has 0 bridgehead atoms. The highest BCUT2D eigenvalue weighted by atomic mass is 32.2. The van der Waals surface area contributed by atoms with E-state index < -0.39 is 9.84 Å². The minimum absolute atomic E-state index is 0.143. The first-order chi connectivity index (χ1) is 13.4. The van der Waals surface area contributed by atoms with Crippen molar-refractivity contribution in [1.82, 2.24) is 14.8 Å². The molecule has 0 N–H and O–H groups in total. The second-order valence-corrected chi connectivity index (χ2v) is 9.78. The van der Waals surface area contributed by atoms with Crippen LogP contribution in [0.25, 0.3) is 0 Å². The highest BCUT2D eigenvalue weighted by Gasteiger charge is 2.36. The predicted octanol–water partition coefficient (Wildman–Crippen LogP) is 1.90. The van der Waals surface area contributed by atoms with Crippen LogP contribution in [0.5, 0.6) is 17.5 Å². The van der Waals surface area contributed by atoms with Crippen molar-refractivity contribution in [3.05, 3.63) is 36.2 Å². The van der Waals surface area contributed by atoms with Gasteiger partial charge in [-0.3, -0.25) is 0 Å². The van der Waals surface area contributed by atoms with Gasteiger partial charge in [-0.05, 0) is 70.0 Å². The molecule has 2 heterocycles. The van der Waals surface area contributed by atoms with E-state index in [1.54, 1.807) is 24.3 Å². The Morgan fingerprint density at radius 1 is 1.04 bits per heavy atom. The van der Waals surface area contributed by atoms with Crippen molar-refractivity contribution in [2.45, 2.75) is 48.9 Å². The predicted molar refractivity (Wildman–Crippen MR) is 107 cm³/mol. The van der Waals surface area contributed by atoms with Gasteiger partial charge in [-0.15, -0.1) is 0 Å².